The highest BCUT2D eigenvalue weighted by molar-refractivity contribution is 7.10. The van der Waals surface area contributed by atoms with Crippen molar-refractivity contribution < 1.29 is 19.7 Å². The van der Waals surface area contributed by atoms with E-state index in [2.05, 4.69) is 29.6 Å². The van der Waals surface area contributed by atoms with E-state index in [4.69, 9.17) is 4.74 Å². The second-order valence-corrected chi connectivity index (χ2v) is 8.27. The smallest absolute Gasteiger partial charge is 0.407 e. The van der Waals surface area contributed by atoms with Crippen molar-refractivity contribution in [1.29, 1.82) is 0 Å². The summed E-state index contributed by atoms with van der Waals surface area (Å²) in [5.41, 5.74) is 5.30. The van der Waals surface area contributed by atoms with E-state index in [9.17, 15) is 15.0 Å². The van der Waals surface area contributed by atoms with Gasteiger partial charge in [-0.3, -0.25) is 0 Å². The van der Waals surface area contributed by atoms with Crippen LogP contribution >= 0.6 is 11.3 Å². The SMILES string of the molecule is Cc1sccc1C(O)C(O)CNC(=O)OCC1c2ccccc2-c2ccccc21. The number of hydrogen-bond donors (Lipinski definition) is 3. The maximum absolute atomic E-state index is 12.2. The van der Waals surface area contributed by atoms with Crippen LogP contribution in [0.15, 0.2) is 60.0 Å². The van der Waals surface area contributed by atoms with E-state index in [-0.39, 0.29) is 19.1 Å². The molecular weight excluding hydrogens is 386 g/mol. The number of thiophene rings is 1. The molecule has 1 aromatic heterocycles. The van der Waals surface area contributed by atoms with Crippen molar-refractivity contribution in [2.45, 2.75) is 25.0 Å². The second-order valence-electron chi connectivity index (χ2n) is 7.15. The molecule has 3 N–H and O–H groups in total. The van der Waals surface area contributed by atoms with Gasteiger partial charge in [-0.05, 0) is 46.2 Å². The lowest BCUT2D eigenvalue weighted by molar-refractivity contribution is 0.0185. The largest absolute Gasteiger partial charge is 0.449 e. The number of hydrogen-bond acceptors (Lipinski definition) is 5. The summed E-state index contributed by atoms with van der Waals surface area (Å²) in [5, 5.41) is 24.9. The first-order valence-corrected chi connectivity index (χ1v) is 10.4. The van der Waals surface area contributed by atoms with Gasteiger partial charge in [0.1, 0.15) is 18.8 Å². The third kappa shape index (κ3) is 3.92. The molecule has 6 heteroatoms. The number of benzene rings is 2. The van der Waals surface area contributed by atoms with Crippen LogP contribution in [0.5, 0.6) is 0 Å². The topological polar surface area (TPSA) is 78.8 Å². The molecule has 29 heavy (non-hydrogen) atoms. The summed E-state index contributed by atoms with van der Waals surface area (Å²) < 4.78 is 5.44. The Morgan fingerprint density at radius 1 is 1.07 bits per heavy atom. The highest BCUT2D eigenvalue weighted by Crippen LogP contribution is 2.44. The molecule has 0 spiro atoms. The van der Waals surface area contributed by atoms with E-state index in [1.54, 1.807) is 6.07 Å². The van der Waals surface area contributed by atoms with Crippen LogP contribution in [0.25, 0.3) is 11.1 Å². The van der Waals surface area contributed by atoms with E-state index in [1.165, 1.54) is 22.5 Å². The van der Waals surface area contributed by atoms with Gasteiger partial charge in [-0.2, -0.15) is 0 Å². The summed E-state index contributed by atoms with van der Waals surface area (Å²) in [7, 11) is 0. The summed E-state index contributed by atoms with van der Waals surface area (Å²) in [6, 6.07) is 18.1. The predicted octanol–water partition coefficient (Wildman–Crippen LogP) is 3.99. The number of amides is 1. The Balaban J connectivity index is 1.35. The van der Waals surface area contributed by atoms with E-state index < -0.39 is 18.3 Å². The molecule has 150 valence electrons. The Labute approximate surface area is 173 Å². The van der Waals surface area contributed by atoms with Gasteiger partial charge in [0.2, 0.25) is 0 Å². The van der Waals surface area contributed by atoms with Gasteiger partial charge in [0.25, 0.3) is 0 Å². The van der Waals surface area contributed by atoms with E-state index in [0.29, 0.717) is 5.56 Å². The van der Waals surface area contributed by atoms with Crippen LogP contribution < -0.4 is 5.32 Å². The lowest BCUT2D eigenvalue weighted by Gasteiger charge is -2.19. The van der Waals surface area contributed by atoms with Gasteiger partial charge in [-0.25, -0.2) is 4.79 Å². The fourth-order valence-corrected chi connectivity index (χ4v) is 4.60. The number of ether oxygens (including phenoxy) is 1. The van der Waals surface area contributed by atoms with Crippen LogP contribution in [0, 0.1) is 6.92 Å². The van der Waals surface area contributed by atoms with Crippen LogP contribution in [-0.4, -0.2) is 35.6 Å². The van der Waals surface area contributed by atoms with E-state index in [0.717, 1.165) is 16.0 Å². The fraction of sp³-hybridized carbons (Fsp3) is 0.261. The van der Waals surface area contributed by atoms with Gasteiger partial charge in [0.05, 0.1) is 0 Å². The van der Waals surface area contributed by atoms with Gasteiger partial charge < -0.3 is 20.3 Å². The number of aryl methyl sites for hydroxylation is 1. The molecule has 0 aliphatic heterocycles. The number of fused-ring (bicyclic) bond motifs is 3. The van der Waals surface area contributed by atoms with Crippen molar-refractivity contribution in [2.24, 2.45) is 0 Å². The number of carbonyl (C=O) groups is 1. The molecule has 0 saturated carbocycles. The van der Waals surface area contributed by atoms with Gasteiger partial charge in [0.15, 0.2) is 0 Å². The molecule has 0 bridgehead atoms. The third-order valence-corrected chi connectivity index (χ3v) is 6.24. The summed E-state index contributed by atoms with van der Waals surface area (Å²) >= 11 is 1.50. The Bertz CT molecular complexity index is 970. The molecule has 1 heterocycles. The first kappa shape index (κ1) is 19.6. The lowest BCUT2D eigenvalue weighted by atomic mass is 9.98. The number of carbonyl (C=O) groups excluding carboxylic acids is 1. The number of aliphatic hydroxyl groups is 2. The minimum Gasteiger partial charge on any atom is -0.449 e. The number of aliphatic hydroxyl groups excluding tert-OH is 2. The number of rotatable bonds is 6. The maximum Gasteiger partial charge on any atom is 0.407 e. The molecule has 0 radical (unpaired) electrons. The first-order valence-electron chi connectivity index (χ1n) is 9.55. The average molecular weight is 410 g/mol. The van der Waals surface area contributed by atoms with Crippen molar-refractivity contribution in [3.63, 3.8) is 0 Å². The molecule has 2 unspecified atom stereocenters. The van der Waals surface area contributed by atoms with E-state index in [1.807, 2.05) is 36.6 Å². The van der Waals surface area contributed by atoms with Gasteiger partial charge in [-0.1, -0.05) is 48.5 Å². The molecule has 5 nitrogen and oxygen atoms in total. The van der Waals surface area contributed by atoms with Crippen LogP contribution in [-0.2, 0) is 4.74 Å². The van der Waals surface area contributed by atoms with Crippen LogP contribution in [0.4, 0.5) is 4.79 Å². The standard InChI is InChI=1S/C23H23NO4S/c1-14-15(10-11-29-14)22(26)21(25)12-24-23(27)28-13-20-18-8-4-2-6-16(18)17-7-3-5-9-19(17)20/h2-11,20-22,25-26H,12-13H2,1H3,(H,24,27). The van der Waals surface area contributed by atoms with Gasteiger partial charge in [0, 0.05) is 17.3 Å². The minimum absolute atomic E-state index is 0.0166. The quantitative estimate of drug-likeness (QED) is 0.575. The number of alkyl carbamates (subject to hydrolysis) is 1. The molecule has 1 aliphatic rings. The zero-order valence-electron chi connectivity index (χ0n) is 16.0. The monoisotopic (exact) mass is 409 g/mol. The Kier molecular flexibility index (Phi) is 5.67. The molecule has 1 amide bonds. The summed E-state index contributed by atoms with van der Waals surface area (Å²) in [6.07, 6.45) is -2.76. The summed E-state index contributed by atoms with van der Waals surface area (Å²) in [5.74, 6) is -0.0166. The Hall–Kier alpha value is -2.67. The Morgan fingerprint density at radius 2 is 1.69 bits per heavy atom. The zero-order valence-corrected chi connectivity index (χ0v) is 16.9. The van der Waals surface area contributed by atoms with Crippen molar-refractivity contribution in [1.82, 2.24) is 5.32 Å². The molecule has 3 aromatic rings. The molecule has 4 rings (SSSR count). The van der Waals surface area contributed by atoms with Crippen LogP contribution in [0.2, 0.25) is 0 Å². The van der Waals surface area contributed by atoms with Crippen molar-refractivity contribution in [3.8, 4) is 11.1 Å². The first-order chi connectivity index (χ1) is 14.1. The molecule has 0 fully saturated rings. The number of nitrogens with one attached hydrogen (secondary N) is 1. The summed E-state index contributed by atoms with van der Waals surface area (Å²) in [6.45, 7) is 2.00. The van der Waals surface area contributed by atoms with Crippen LogP contribution in [0.3, 0.4) is 0 Å². The molecule has 0 saturated heterocycles. The Morgan fingerprint density at radius 3 is 2.28 bits per heavy atom. The third-order valence-electron chi connectivity index (χ3n) is 5.38. The van der Waals surface area contributed by atoms with Gasteiger partial charge in [-0.15, -0.1) is 11.3 Å². The maximum atomic E-state index is 12.2. The van der Waals surface area contributed by atoms with Crippen molar-refractivity contribution >= 4 is 17.4 Å². The molecular formula is C23H23NO4S. The highest BCUT2D eigenvalue weighted by atomic mass is 32.1. The van der Waals surface area contributed by atoms with Crippen LogP contribution in [0.1, 0.15) is 33.6 Å². The van der Waals surface area contributed by atoms with E-state index >= 15 is 0 Å². The minimum atomic E-state index is -1.11. The van der Waals surface area contributed by atoms with Crippen molar-refractivity contribution in [3.05, 3.63) is 81.5 Å². The normalized spacial score (nSPS) is 14.7. The zero-order chi connectivity index (χ0) is 20.4. The molecule has 1 aliphatic carbocycles. The molecule has 2 aromatic carbocycles. The fourth-order valence-electron chi connectivity index (χ4n) is 3.86. The highest BCUT2D eigenvalue weighted by Gasteiger charge is 2.29. The lowest BCUT2D eigenvalue weighted by Crippen LogP contribution is -2.36. The van der Waals surface area contributed by atoms with Gasteiger partial charge >= 0.3 is 6.09 Å². The van der Waals surface area contributed by atoms with Crippen molar-refractivity contribution in [2.75, 3.05) is 13.2 Å². The average Bonchev–Trinajstić information content (AvgIpc) is 3.31. The predicted molar refractivity (Wildman–Crippen MR) is 113 cm³/mol. The summed E-state index contributed by atoms with van der Waals surface area (Å²) in [4.78, 5) is 13.1. The second kappa shape index (κ2) is 8.37. The molecule has 2 atom stereocenters.